The highest BCUT2D eigenvalue weighted by atomic mass is 16.6. The van der Waals surface area contributed by atoms with Gasteiger partial charge in [0.05, 0.1) is 0 Å². The summed E-state index contributed by atoms with van der Waals surface area (Å²) in [4.78, 5) is 11.9. The van der Waals surface area contributed by atoms with Crippen molar-refractivity contribution in [1.29, 1.82) is 0 Å². The number of hydrogen-bond acceptors (Lipinski definition) is 4. The summed E-state index contributed by atoms with van der Waals surface area (Å²) in [6.07, 6.45) is 5.88. The lowest BCUT2D eigenvalue weighted by Gasteiger charge is -2.31. The average Bonchev–Trinajstić information content (AvgIpc) is 2.60. The average molecular weight is 377 g/mol. The highest BCUT2D eigenvalue weighted by molar-refractivity contribution is 5.68. The van der Waals surface area contributed by atoms with E-state index >= 15 is 0 Å². The molecule has 5 heteroatoms. The van der Waals surface area contributed by atoms with Crippen molar-refractivity contribution < 1.29 is 14.3 Å². The quantitative estimate of drug-likeness (QED) is 0.633. The van der Waals surface area contributed by atoms with Gasteiger partial charge in [-0.05, 0) is 83.9 Å². The molecule has 1 aromatic rings. The number of amides is 1. The molecule has 0 saturated heterocycles. The molecule has 152 valence electrons. The third-order valence-corrected chi connectivity index (χ3v) is 4.73. The van der Waals surface area contributed by atoms with Gasteiger partial charge in [-0.1, -0.05) is 12.1 Å². The number of benzene rings is 1. The molecular weight excluding hydrogens is 340 g/mol. The van der Waals surface area contributed by atoms with Crippen LogP contribution in [0.3, 0.4) is 0 Å². The molecule has 0 spiro atoms. The van der Waals surface area contributed by atoms with E-state index in [4.69, 9.17) is 9.47 Å². The molecule has 2 N–H and O–H groups in total. The smallest absolute Gasteiger partial charge is 0.407 e. The van der Waals surface area contributed by atoms with Gasteiger partial charge in [-0.2, -0.15) is 0 Å². The van der Waals surface area contributed by atoms with Gasteiger partial charge in [-0.3, -0.25) is 0 Å². The van der Waals surface area contributed by atoms with Gasteiger partial charge in [0, 0.05) is 31.0 Å². The molecular formula is C22H36N2O3. The van der Waals surface area contributed by atoms with Crippen molar-refractivity contribution in [3.8, 4) is 0 Å². The number of nitrogens with one attached hydrogen (secondary N) is 2. The van der Waals surface area contributed by atoms with Crippen LogP contribution < -0.4 is 10.6 Å². The van der Waals surface area contributed by atoms with E-state index in [1.54, 1.807) is 0 Å². The van der Waals surface area contributed by atoms with Crippen LogP contribution in [-0.2, 0) is 15.9 Å². The lowest BCUT2D eigenvalue weighted by atomic mass is 9.91. The maximum atomic E-state index is 11.9. The third-order valence-electron chi connectivity index (χ3n) is 4.73. The van der Waals surface area contributed by atoms with Gasteiger partial charge in [0.25, 0.3) is 0 Å². The van der Waals surface area contributed by atoms with Crippen molar-refractivity contribution in [2.24, 2.45) is 0 Å². The molecule has 0 atom stereocenters. The predicted molar refractivity (Wildman–Crippen MR) is 110 cm³/mol. The van der Waals surface area contributed by atoms with E-state index in [-0.39, 0.29) is 12.1 Å². The van der Waals surface area contributed by atoms with Gasteiger partial charge in [0.2, 0.25) is 0 Å². The van der Waals surface area contributed by atoms with Crippen LogP contribution in [0, 0.1) is 0 Å². The Morgan fingerprint density at radius 3 is 2.30 bits per heavy atom. The second-order valence-electron chi connectivity index (χ2n) is 8.34. The van der Waals surface area contributed by atoms with Gasteiger partial charge < -0.3 is 20.1 Å². The molecule has 1 aliphatic rings. The Morgan fingerprint density at radius 1 is 1.07 bits per heavy atom. The number of hydrogen-bond donors (Lipinski definition) is 2. The molecule has 5 nitrogen and oxygen atoms in total. The van der Waals surface area contributed by atoms with Gasteiger partial charge >= 0.3 is 6.09 Å². The van der Waals surface area contributed by atoms with E-state index < -0.39 is 5.60 Å². The highest BCUT2D eigenvalue weighted by Gasteiger charge is 2.24. The summed E-state index contributed by atoms with van der Waals surface area (Å²) >= 11 is 0. The Balaban J connectivity index is 1.68. The van der Waals surface area contributed by atoms with E-state index in [0.29, 0.717) is 6.04 Å². The number of aryl methyl sites for hydroxylation is 1. The molecule has 0 bridgehead atoms. The van der Waals surface area contributed by atoms with Crippen molar-refractivity contribution in [3.05, 3.63) is 29.8 Å². The standard InChI is InChI=1S/C22H36N2O3/c1-5-26-16-6-7-17-8-10-18(11-9-17)23-19-12-14-20(15-13-19)24-21(25)27-22(2,3)4/h8-11,19-20,23H,5-7,12-16H2,1-4H3,(H,24,25). The largest absolute Gasteiger partial charge is 0.444 e. The topological polar surface area (TPSA) is 59.6 Å². The van der Waals surface area contributed by atoms with Crippen LogP contribution >= 0.6 is 0 Å². The minimum Gasteiger partial charge on any atom is -0.444 e. The number of anilines is 1. The van der Waals surface area contributed by atoms with Gasteiger partial charge in [0.1, 0.15) is 5.60 Å². The van der Waals surface area contributed by atoms with Crippen LogP contribution in [0.15, 0.2) is 24.3 Å². The van der Waals surface area contributed by atoms with E-state index in [1.807, 2.05) is 27.7 Å². The van der Waals surface area contributed by atoms with E-state index in [9.17, 15) is 4.79 Å². The fourth-order valence-electron chi connectivity index (χ4n) is 3.38. The molecule has 0 radical (unpaired) electrons. The molecule has 1 aromatic carbocycles. The molecule has 0 aliphatic heterocycles. The van der Waals surface area contributed by atoms with Crippen LogP contribution in [0.2, 0.25) is 0 Å². The zero-order valence-electron chi connectivity index (χ0n) is 17.3. The van der Waals surface area contributed by atoms with Crippen molar-refractivity contribution in [1.82, 2.24) is 5.32 Å². The molecule has 0 aromatic heterocycles. The number of alkyl carbamates (subject to hydrolysis) is 1. The number of carbonyl (C=O) groups excluding carboxylic acids is 1. The molecule has 1 aliphatic carbocycles. The Morgan fingerprint density at radius 2 is 1.70 bits per heavy atom. The molecule has 1 fully saturated rings. The van der Waals surface area contributed by atoms with Crippen LogP contribution in [0.1, 0.15) is 65.4 Å². The van der Waals surface area contributed by atoms with Gasteiger partial charge in [0.15, 0.2) is 0 Å². The van der Waals surface area contributed by atoms with Crippen molar-refractivity contribution in [3.63, 3.8) is 0 Å². The molecule has 0 unspecified atom stereocenters. The SMILES string of the molecule is CCOCCCc1ccc(NC2CCC(NC(=O)OC(C)(C)C)CC2)cc1. The molecule has 1 amide bonds. The second kappa shape index (κ2) is 10.5. The van der Waals surface area contributed by atoms with E-state index in [0.717, 1.165) is 51.7 Å². The maximum absolute atomic E-state index is 11.9. The highest BCUT2D eigenvalue weighted by Crippen LogP contribution is 2.23. The maximum Gasteiger partial charge on any atom is 0.407 e. The Hall–Kier alpha value is -1.75. The summed E-state index contributed by atoms with van der Waals surface area (Å²) in [6.45, 7) is 9.31. The summed E-state index contributed by atoms with van der Waals surface area (Å²) in [5.41, 5.74) is 2.08. The zero-order chi connectivity index (χ0) is 19.7. The fraction of sp³-hybridized carbons (Fsp3) is 0.682. The lowest BCUT2D eigenvalue weighted by molar-refractivity contribution is 0.0492. The Labute approximate surface area is 164 Å². The first-order valence-electron chi connectivity index (χ1n) is 10.3. The minimum absolute atomic E-state index is 0.214. The fourth-order valence-corrected chi connectivity index (χ4v) is 3.38. The summed E-state index contributed by atoms with van der Waals surface area (Å²) in [5, 5.41) is 6.62. The zero-order valence-corrected chi connectivity index (χ0v) is 17.3. The molecule has 2 rings (SSSR count). The number of ether oxygens (including phenoxy) is 2. The number of rotatable bonds is 8. The summed E-state index contributed by atoms with van der Waals surface area (Å²) in [6, 6.07) is 9.41. The van der Waals surface area contributed by atoms with Gasteiger partial charge in [-0.25, -0.2) is 4.79 Å². The first-order chi connectivity index (χ1) is 12.9. The van der Waals surface area contributed by atoms with Crippen LogP contribution in [0.5, 0.6) is 0 Å². The monoisotopic (exact) mass is 376 g/mol. The Bertz CT molecular complexity index is 558. The summed E-state index contributed by atoms with van der Waals surface area (Å²) in [7, 11) is 0. The van der Waals surface area contributed by atoms with Gasteiger partial charge in [-0.15, -0.1) is 0 Å². The minimum atomic E-state index is -0.446. The van der Waals surface area contributed by atoms with E-state index in [1.165, 1.54) is 11.3 Å². The van der Waals surface area contributed by atoms with Crippen LogP contribution in [0.4, 0.5) is 10.5 Å². The number of carbonyl (C=O) groups is 1. The van der Waals surface area contributed by atoms with Crippen molar-refractivity contribution >= 4 is 11.8 Å². The first-order valence-corrected chi connectivity index (χ1v) is 10.3. The van der Waals surface area contributed by atoms with Crippen LogP contribution in [-0.4, -0.2) is 37.0 Å². The van der Waals surface area contributed by atoms with Crippen molar-refractivity contribution in [2.75, 3.05) is 18.5 Å². The molecule has 0 heterocycles. The van der Waals surface area contributed by atoms with Crippen molar-refractivity contribution in [2.45, 2.75) is 83.9 Å². The normalized spacial score (nSPS) is 20.1. The lowest BCUT2D eigenvalue weighted by Crippen LogP contribution is -2.42. The summed E-state index contributed by atoms with van der Waals surface area (Å²) < 4.78 is 10.7. The third kappa shape index (κ3) is 8.65. The molecule has 27 heavy (non-hydrogen) atoms. The second-order valence-corrected chi connectivity index (χ2v) is 8.34. The Kier molecular flexibility index (Phi) is 8.42. The molecule has 1 saturated carbocycles. The summed E-state index contributed by atoms with van der Waals surface area (Å²) in [5.74, 6) is 0. The van der Waals surface area contributed by atoms with E-state index in [2.05, 4.69) is 34.9 Å². The predicted octanol–water partition coefficient (Wildman–Crippen LogP) is 4.90. The van der Waals surface area contributed by atoms with Crippen LogP contribution in [0.25, 0.3) is 0 Å². The first kappa shape index (κ1) is 21.5.